The summed E-state index contributed by atoms with van der Waals surface area (Å²) in [6.45, 7) is 13.5. The lowest BCUT2D eigenvalue weighted by Gasteiger charge is -2.16. The topological polar surface area (TPSA) is 116 Å². The van der Waals surface area contributed by atoms with Gasteiger partial charge in [0.2, 0.25) is 0 Å². The molecule has 2 atom stereocenters. The summed E-state index contributed by atoms with van der Waals surface area (Å²) in [5.74, 6) is 2.06. The van der Waals surface area contributed by atoms with Crippen LogP contribution < -0.4 is 0 Å². The summed E-state index contributed by atoms with van der Waals surface area (Å²) in [6.07, 6.45) is 9.27. The Labute approximate surface area is 359 Å². The van der Waals surface area contributed by atoms with Gasteiger partial charge in [0.25, 0.3) is 0 Å². The largest absolute Gasteiger partial charge is 0.469 e. The van der Waals surface area contributed by atoms with Gasteiger partial charge in [0, 0.05) is 64.1 Å². The number of aromatic nitrogens is 6. The predicted molar refractivity (Wildman–Crippen MR) is 237 cm³/mol. The molecular weight excluding hydrogens is 826 g/mol. The van der Waals surface area contributed by atoms with Crippen molar-refractivity contribution < 1.29 is 9.53 Å². The van der Waals surface area contributed by atoms with E-state index in [1.807, 2.05) is 66.9 Å². The molecule has 0 N–H and O–H groups in total. The summed E-state index contributed by atoms with van der Waals surface area (Å²) in [5.41, 5.74) is 9.39. The lowest BCUT2D eigenvalue weighted by atomic mass is 10.0. The molecule has 2 aliphatic heterocycles. The van der Waals surface area contributed by atoms with Gasteiger partial charge in [-0.25, -0.2) is 9.97 Å². The average molecular weight is 875 g/mol. The fourth-order valence-corrected chi connectivity index (χ4v) is 8.10. The Hall–Kier alpha value is -5.30. The Morgan fingerprint density at radius 1 is 0.864 bits per heavy atom. The molecule has 2 aliphatic rings. The van der Waals surface area contributed by atoms with Crippen LogP contribution in [0, 0.1) is 12.8 Å². The van der Waals surface area contributed by atoms with E-state index >= 15 is 0 Å². The number of aliphatic imine (C=N–C) groups is 2. The number of halogens is 2. The number of hydrogen-bond acceptors (Lipinski definition) is 9. The van der Waals surface area contributed by atoms with Crippen molar-refractivity contribution in [3.63, 3.8) is 0 Å². The Balaban J connectivity index is 0.000000184. The number of benzene rings is 2. The monoisotopic (exact) mass is 873 g/mol. The molecule has 6 heterocycles. The normalized spacial score (nSPS) is 15.4. The van der Waals surface area contributed by atoms with Crippen LogP contribution in [0.15, 0.2) is 112 Å². The Morgan fingerprint density at radius 2 is 1.53 bits per heavy atom. The van der Waals surface area contributed by atoms with Crippen LogP contribution in [0.3, 0.4) is 0 Å². The van der Waals surface area contributed by atoms with E-state index in [2.05, 4.69) is 92.9 Å². The summed E-state index contributed by atoms with van der Waals surface area (Å²) in [6, 6.07) is 23.5. The van der Waals surface area contributed by atoms with Crippen LogP contribution in [0.5, 0.6) is 0 Å². The molecule has 11 nitrogen and oxygen atoms in total. The highest BCUT2D eigenvalue weighted by molar-refractivity contribution is 9.10. The minimum absolute atomic E-state index is 0.0214. The van der Waals surface area contributed by atoms with E-state index in [4.69, 9.17) is 36.3 Å². The first-order valence-electron chi connectivity index (χ1n) is 20.1. The van der Waals surface area contributed by atoms with Gasteiger partial charge in [-0.1, -0.05) is 67.4 Å². The van der Waals surface area contributed by atoms with Crippen molar-refractivity contribution in [2.75, 3.05) is 20.2 Å². The molecule has 2 aromatic carbocycles. The molecule has 0 radical (unpaired) electrons. The van der Waals surface area contributed by atoms with Crippen LogP contribution in [-0.2, 0) is 16.1 Å². The number of esters is 1. The zero-order chi connectivity index (χ0) is 41.6. The molecule has 0 aliphatic carbocycles. The zero-order valence-electron chi connectivity index (χ0n) is 34.3. The van der Waals surface area contributed by atoms with E-state index in [9.17, 15) is 4.79 Å². The minimum atomic E-state index is -0.308. The van der Waals surface area contributed by atoms with Gasteiger partial charge in [-0.3, -0.25) is 34.2 Å². The third-order valence-corrected chi connectivity index (χ3v) is 11.2. The van der Waals surface area contributed by atoms with Crippen LogP contribution in [0.25, 0.3) is 11.4 Å². The highest BCUT2D eigenvalue weighted by Gasteiger charge is 2.30. The lowest BCUT2D eigenvalue weighted by molar-refractivity contribution is -0.140. The second-order valence-corrected chi connectivity index (χ2v) is 16.4. The van der Waals surface area contributed by atoms with Crippen molar-refractivity contribution >= 4 is 44.9 Å². The molecule has 8 rings (SSSR count). The maximum absolute atomic E-state index is 12.0. The molecule has 13 heteroatoms. The number of carbonyl (C=O) groups is 1. The molecule has 0 saturated heterocycles. The molecule has 59 heavy (non-hydrogen) atoms. The smallest absolute Gasteiger partial charge is 0.305 e. The number of ether oxygens (including phenoxy) is 1. The minimum Gasteiger partial charge on any atom is -0.469 e. The Bertz CT molecular complexity index is 2480. The fraction of sp³-hybridized carbons (Fsp3) is 0.326. The van der Waals surface area contributed by atoms with Gasteiger partial charge in [-0.2, -0.15) is 0 Å². The third-order valence-electron chi connectivity index (χ3n) is 10.5. The molecular formula is C46H49BrClN9O2. The highest BCUT2D eigenvalue weighted by Crippen LogP contribution is 2.36. The highest BCUT2D eigenvalue weighted by atomic mass is 79.9. The maximum Gasteiger partial charge on any atom is 0.305 e. The van der Waals surface area contributed by atoms with Crippen molar-refractivity contribution in [2.45, 2.75) is 72.5 Å². The third kappa shape index (κ3) is 9.30. The van der Waals surface area contributed by atoms with Crippen molar-refractivity contribution in [3.8, 4) is 11.4 Å². The Morgan fingerprint density at radius 3 is 2.15 bits per heavy atom. The van der Waals surface area contributed by atoms with Gasteiger partial charge in [0.15, 0.2) is 0 Å². The van der Waals surface area contributed by atoms with Gasteiger partial charge in [-0.15, -0.1) is 0 Å². The molecule has 0 saturated carbocycles. The van der Waals surface area contributed by atoms with Crippen molar-refractivity contribution in [1.29, 1.82) is 0 Å². The number of hydrogen-bond donors (Lipinski definition) is 0. The SMILES string of the molecule is CCN(CC)Cc1cn2c(n1)[C@H](CCC(=O)OC)N=C(c1ccccn1)c1cc(Br)ccc1-2.Cc1cnc2n1-c1ccc(Cl)cc1C(c1ccccn1)=N[C@H]2CC(C)C. The van der Waals surface area contributed by atoms with Crippen LogP contribution in [0.1, 0.15) is 105 Å². The number of methoxy groups -OCH3 is 1. The molecule has 4 aromatic heterocycles. The second kappa shape index (κ2) is 18.7. The quantitative estimate of drug-likeness (QED) is 0.119. The summed E-state index contributed by atoms with van der Waals surface area (Å²) in [4.78, 5) is 43.4. The molecule has 0 spiro atoms. The standard InChI is InChI=1S/C25H28BrN5O2.C21H21ClN4/c1-4-30(5-2)15-18-16-31-22-11-9-17(26)14-19(22)24(20-8-6-7-13-27-20)29-21(25(31)28-18)10-12-23(32)33-3;1-13(2)10-18-21-24-12-14(3)26(21)19-8-7-15(22)11-16(19)20(25-18)17-6-4-5-9-23-17/h6-9,11,13-14,16,21H,4-5,10,12,15H2,1-3H3;4-9,11-13,18H,10H2,1-3H3/t21-;18-/m00/s1. The van der Waals surface area contributed by atoms with Gasteiger partial charge in [0.1, 0.15) is 23.7 Å². The van der Waals surface area contributed by atoms with Gasteiger partial charge in [0.05, 0.1) is 47.0 Å². The zero-order valence-corrected chi connectivity index (χ0v) is 36.7. The average Bonchev–Trinajstić information content (AvgIpc) is 3.78. The van der Waals surface area contributed by atoms with E-state index in [1.54, 1.807) is 12.4 Å². The number of carbonyl (C=O) groups excluding carboxylic acids is 1. The summed E-state index contributed by atoms with van der Waals surface area (Å²) in [5, 5.41) is 0.689. The molecule has 0 bridgehead atoms. The molecule has 0 amide bonds. The Kier molecular flexibility index (Phi) is 13.3. The van der Waals surface area contributed by atoms with E-state index in [0.29, 0.717) is 17.4 Å². The lowest BCUT2D eigenvalue weighted by Crippen LogP contribution is -2.22. The molecule has 304 valence electrons. The number of aryl methyl sites for hydroxylation is 1. The number of pyridine rings is 2. The van der Waals surface area contributed by atoms with Gasteiger partial charge < -0.3 is 9.30 Å². The fourth-order valence-electron chi connectivity index (χ4n) is 7.57. The first kappa shape index (κ1) is 41.8. The summed E-state index contributed by atoms with van der Waals surface area (Å²) in [7, 11) is 1.41. The second-order valence-electron chi connectivity index (χ2n) is 15.0. The van der Waals surface area contributed by atoms with Gasteiger partial charge in [-0.05, 0) is 99.4 Å². The number of nitrogens with zero attached hydrogens (tertiary/aromatic N) is 9. The van der Waals surface area contributed by atoms with E-state index in [1.165, 1.54) is 7.11 Å². The maximum atomic E-state index is 12.0. The van der Waals surface area contributed by atoms with E-state index < -0.39 is 0 Å². The van der Waals surface area contributed by atoms with Crippen molar-refractivity contribution in [2.24, 2.45) is 15.9 Å². The van der Waals surface area contributed by atoms with Crippen LogP contribution >= 0.6 is 27.5 Å². The van der Waals surface area contributed by atoms with Crippen LogP contribution in [0.2, 0.25) is 5.02 Å². The summed E-state index contributed by atoms with van der Waals surface area (Å²) >= 11 is 9.96. The first-order valence-corrected chi connectivity index (χ1v) is 21.3. The van der Waals surface area contributed by atoms with E-state index in [-0.39, 0.29) is 24.5 Å². The molecule has 0 fully saturated rings. The summed E-state index contributed by atoms with van der Waals surface area (Å²) < 4.78 is 10.2. The number of rotatable bonds is 11. The predicted octanol–water partition coefficient (Wildman–Crippen LogP) is 9.88. The van der Waals surface area contributed by atoms with Crippen LogP contribution in [0.4, 0.5) is 0 Å². The van der Waals surface area contributed by atoms with Crippen molar-refractivity contribution in [1.82, 2.24) is 34.0 Å². The number of fused-ring (bicyclic) bond motifs is 6. The number of imidazole rings is 2. The van der Waals surface area contributed by atoms with Gasteiger partial charge >= 0.3 is 5.97 Å². The first-order chi connectivity index (χ1) is 28.6. The molecule has 0 unspecified atom stereocenters. The van der Waals surface area contributed by atoms with E-state index in [0.717, 1.165) is 98.9 Å². The van der Waals surface area contributed by atoms with Crippen molar-refractivity contribution in [3.05, 3.63) is 153 Å². The molecule has 6 aromatic rings. The van der Waals surface area contributed by atoms with Crippen LogP contribution in [-0.4, -0.2) is 71.6 Å².